The standard InChI is InChI=1S/C22H22FN5O/c1-12-8-14(13-4-2-5-15(23)9-13)10-16-19(12)20-21(22(24)25-16)27-17(26-20)11-28-7-3-6-18(28)29/h2,4-5,9-10,12H,3,6-8,11H2,1H3,(H2,24,25)(H,26,27). The van der Waals surface area contributed by atoms with Crippen molar-refractivity contribution in [2.45, 2.75) is 38.6 Å². The summed E-state index contributed by atoms with van der Waals surface area (Å²) < 4.78 is 13.7. The lowest BCUT2D eigenvalue weighted by Gasteiger charge is -2.23. The second-order valence-electron chi connectivity index (χ2n) is 7.91. The van der Waals surface area contributed by atoms with Crippen LogP contribution in [0.25, 0.3) is 22.7 Å². The number of carbonyl (C=O) groups is 1. The number of fused-ring (bicyclic) bond motifs is 3. The van der Waals surface area contributed by atoms with E-state index in [0.717, 1.165) is 58.6 Å². The van der Waals surface area contributed by atoms with Crippen LogP contribution in [-0.2, 0) is 11.3 Å². The van der Waals surface area contributed by atoms with Gasteiger partial charge in [0.25, 0.3) is 0 Å². The highest BCUT2D eigenvalue weighted by atomic mass is 19.1. The minimum absolute atomic E-state index is 0.161. The van der Waals surface area contributed by atoms with E-state index in [-0.39, 0.29) is 17.6 Å². The highest BCUT2D eigenvalue weighted by Gasteiger charge is 2.27. The largest absolute Gasteiger partial charge is 0.382 e. The van der Waals surface area contributed by atoms with Crippen LogP contribution >= 0.6 is 0 Å². The third-order valence-corrected chi connectivity index (χ3v) is 5.82. The lowest BCUT2D eigenvalue weighted by Crippen LogP contribution is -2.24. The van der Waals surface area contributed by atoms with Gasteiger partial charge in [0.15, 0.2) is 0 Å². The quantitative estimate of drug-likeness (QED) is 0.710. The maximum atomic E-state index is 13.7. The molecule has 148 valence electrons. The summed E-state index contributed by atoms with van der Waals surface area (Å²) in [7, 11) is 0. The van der Waals surface area contributed by atoms with Crippen LogP contribution in [0.4, 0.5) is 10.2 Å². The maximum absolute atomic E-state index is 13.7. The smallest absolute Gasteiger partial charge is 0.223 e. The first-order chi connectivity index (χ1) is 14.0. The Morgan fingerprint density at radius 2 is 2.21 bits per heavy atom. The average Bonchev–Trinajstić information content (AvgIpc) is 3.28. The molecule has 0 spiro atoms. The summed E-state index contributed by atoms with van der Waals surface area (Å²) in [4.78, 5) is 26.4. The van der Waals surface area contributed by atoms with Crippen molar-refractivity contribution in [3.8, 4) is 0 Å². The molecular formula is C22H22FN5O. The number of hydrogen-bond acceptors (Lipinski definition) is 4. The summed E-state index contributed by atoms with van der Waals surface area (Å²) in [5.74, 6) is 1.18. The number of benzene rings is 1. The fourth-order valence-corrected chi connectivity index (χ4v) is 4.44. The number of H-pyrrole nitrogens is 1. The van der Waals surface area contributed by atoms with E-state index in [4.69, 9.17) is 10.7 Å². The van der Waals surface area contributed by atoms with Crippen LogP contribution in [0.1, 0.15) is 54.7 Å². The molecule has 7 heteroatoms. The van der Waals surface area contributed by atoms with Gasteiger partial charge in [-0.15, -0.1) is 0 Å². The molecule has 1 aliphatic heterocycles. The van der Waals surface area contributed by atoms with E-state index in [9.17, 15) is 9.18 Å². The van der Waals surface area contributed by atoms with Crippen molar-refractivity contribution in [2.24, 2.45) is 0 Å². The number of amides is 1. The van der Waals surface area contributed by atoms with Crippen molar-refractivity contribution < 1.29 is 9.18 Å². The van der Waals surface area contributed by atoms with Crippen molar-refractivity contribution in [3.63, 3.8) is 0 Å². The second-order valence-corrected chi connectivity index (χ2v) is 7.91. The Bertz CT molecular complexity index is 1170. The van der Waals surface area contributed by atoms with Crippen molar-refractivity contribution in [1.82, 2.24) is 19.9 Å². The molecule has 3 heterocycles. The number of nitrogen functional groups attached to an aromatic ring is 1. The van der Waals surface area contributed by atoms with E-state index in [2.05, 4.69) is 16.9 Å². The lowest BCUT2D eigenvalue weighted by atomic mass is 9.83. The van der Waals surface area contributed by atoms with Gasteiger partial charge >= 0.3 is 0 Å². The molecule has 29 heavy (non-hydrogen) atoms. The number of likely N-dealkylation sites (tertiary alicyclic amines) is 1. The number of nitrogens with one attached hydrogen (secondary N) is 1. The molecule has 6 nitrogen and oxygen atoms in total. The molecule has 0 bridgehead atoms. The van der Waals surface area contributed by atoms with Crippen LogP contribution < -0.4 is 5.73 Å². The highest BCUT2D eigenvalue weighted by molar-refractivity contribution is 5.94. The van der Waals surface area contributed by atoms with E-state index >= 15 is 0 Å². The molecule has 3 N–H and O–H groups in total. The van der Waals surface area contributed by atoms with E-state index in [0.29, 0.717) is 18.8 Å². The first-order valence-electron chi connectivity index (χ1n) is 9.92. The molecule has 5 rings (SSSR count). The van der Waals surface area contributed by atoms with Gasteiger partial charge in [-0.25, -0.2) is 14.4 Å². The van der Waals surface area contributed by atoms with Crippen LogP contribution in [-0.4, -0.2) is 32.3 Å². The lowest BCUT2D eigenvalue weighted by molar-refractivity contribution is -0.128. The summed E-state index contributed by atoms with van der Waals surface area (Å²) in [5.41, 5.74) is 11.5. The van der Waals surface area contributed by atoms with Gasteiger partial charge in [-0.3, -0.25) is 4.79 Å². The van der Waals surface area contributed by atoms with Gasteiger partial charge in [0.05, 0.1) is 17.8 Å². The Balaban J connectivity index is 1.58. The molecule has 0 radical (unpaired) electrons. The van der Waals surface area contributed by atoms with Gasteiger partial charge in [0.2, 0.25) is 5.91 Å². The van der Waals surface area contributed by atoms with Gasteiger partial charge in [0.1, 0.15) is 23.0 Å². The topological polar surface area (TPSA) is 87.9 Å². The number of nitrogens with two attached hydrogens (primary N) is 1. The van der Waals surface area contributed by atoms with Crippen LogP contribution in [0.2, 0.25) is 0 Å². The number of imidazole rings is 1. The number of halogens is 1. The first-order valence-corrected chi connectivity index (χ1v) is 9.92. The van der Waals surface area contributed by atoms with Crippen LogP contribution in [0.5, 0.6) is 0 Å². The minimum atomic E-state index is -0.252. The summed E-state index contributed by atoms with van der Waals surface area (Å²) in [6.07, 6.45) is 4.25. The monoisotopic (exact) mass is 391 g/mol. The van der Waals surface area contributed by atoms with Crippen LogP contribution in [0.15, 0.2) is 24.3 Å². The molecule has 1 saturated heterocycles. The third kappa shape index (κ3) is 3.06. The SMILES string of the molecule is CC1CC(c2cccc(F)c2)=Cc2nc(N)c3[nH]c(CN4CCCC4=O)nc3c21. The average molecular weight is 391 g/mol. The van der Waals surface area contributed by atoms with Gasteiger partial charge in [-0.1, -0.05) is 19.1 Å². The zero-order valence-corrected chi connectivity index (χ0v) is 16.2. The molecule has 3 aromatic rings. The number of anilines is 1. The van der Waals surface area contributed by atoms with Crippen molar-refractivity contribution in [2.75, 3.05) is 12.3 Å². The molecule has 2 aromatic heterocycles. The van der Waals surface area contributed by atoms with E-state index in [1.54, 1.807) is 12.1 Å². The first kappa shape index (κ1) is 17.8. The Labute approximate surface area is 167 Å². The summed E-state index contributed by atoms with van der Waals surface area (Å²) >= 11 is 0. The van der Waals surface area contributed by atoms with Crippen molar-refractivity contribution in [3.05, 3.63) is 52.7 Å². The molecule has 1 atom stereocenters. The fourth-order valence-electron chi connectivity index (χ4n) is 4.44. The number of carbonyl (C=O) groups excluding carboxylic acids is 1. The Morgan fingerprint density at radius 1 is 1.34 bits per heavy atom. The summed E-state index contributed by atoms with van der Waals surface area (Å²) in [6, 6.07) is 6.62. The molecule has 0 saturated carbocycles. The predicted molar refractivity (Wildman–Crippen MR) is 110 cm³/mol. The number of rotatable bonds is 3. The van der Waals surface area contributed by atoms with Crippen LogP contribution in [0, 0.1) is 5.82 Å². The second kappa shape index (κ2) is 6.69. The zero-order valence-electron chi connectivity index (χ0n) is 16.2. The normalized spacial score (nSPS) is 19.0. The molecule has 2 aliphatic rings. The zero-order chi connectivity index (χ0) is 20.1. The van der Waals surface area contributed by atoms with Gasteiger partial charge in [-0.05, 0) is 48.1 Å². The van der Waals surface area contributed by atoms with Crippen molar-refractivity contribution in [1.29, 1.82) is 0 Å². The van der Waals surface area contributed by atoms with E-state index < -0.39 is 0 Å². The number of aromatic nitrogens is 3. The molecule has 1 amide bonds. The molecule has 1 aliphatic carbocycles. The van der Waals surface area contributed by atoms with Gasteiger partial charge in [0, 0.05) is 18.5 Å². The van der Waals surface area contributed by atoms with Crippen LogP contribution in [0.3, 0.4) is 0 Å². The minimum Gasteiger partial charge on any atom is -0.382 e. The van der Waals surface area contributed by atoms with E-state index in [1.807, 2.05) is 17.0 Å². The van der Waals surface area contributed by atoms with Crippen molar-refractivity contribution >= 4 is 34.4 Å². The predicted octanol–water partition coefficient (Wildman–Crippen LogP) is 3.85. The third-order valence-electron chi connectivity index (χ3n) is 5.82. The van der Waals surface area contributed by atoms with Gasteiger partial charge < -0.3 is 15.6 Å². The molecule has 1 fully saturated rings. The molecule has 1 aromatic carbocycles. The molecule has 1 unspecified atom stereocenters. The number of hydrogen-bond donors (Lipinski definition) is 2. The summed E-state index contributed by atoms with van der Waals surface area (Å²) in [6.45, 7) is 3.35. The highest BCUT2D eigenvalue weighted by Crippen LogP contribution is 2.41. The van der Waals surface area contributed by atoms with Gasteiger partial charge in [-0.2, -0.15) is 0 Å². The number of allylic oxidation sites excluding steroid dienone is 1. The van der Waals surface area contributed by atoms with E-state index in [1.165, 1.54) is 6.07 Å². The summed E-state index contributed by atoms with van der Waals surface area (Å²) in [5, 5.41) is 0. The molecular weight excluding hydrogens is 369 g/mol. The number of nitrogens with zero attached hydrogens (tertiary/aromatic N) is 3. The fraction of sp³-hybridized carbons (Fsp3) is 0.318. The Kier molecular flexibility index (Phi) is 4.12. The Morgan fingerprint density at radius 3 is 2.97 bits per heavy atom. The Hall–Kier alpha value is -3.22. The number of aromatic amines is 1. The number of pyridine rings is 1. The maximum Gasteiger partial charge on any atom is 0.223 e.